The predicted octanol–water partition coefficient (Wildman–Crippen LogP) is -0.173. The minimum atomic E-state index is -0.770. The van der Waals surface area contributed by atoms with Crippen molar-refractivity contribution < 1.29 is 46.4 Å². The Morgan fingerprint density at radius 1 is 1.24 bits per heavy atom. The van der Waals surface area contributed by atoms with E-state index >= 15 is 0 Å². The molecular weight excluding hydrogens is 319 g/mol. The van der Waals surface area contributed by atoms with Gasteiger partial charge in [0.05, 0.1) is 19.3 Å². The van der Waals surface area contributed by atoms with Crippen molar-refractivity contribution >= 4 is 20.4 Å². The molecule has 0 aromatic carbocycles. The largest absolute Gasteiger partial charge is 0.394 e. The molecule has 0 saturated heterocycles. The maximum absolute atomic E-state index is 9.09. The molecule has 21 heavy (non-hydrogen) atoms. The molecule has 0 spiro atoms. The predicted molar refractivity (Wildman–Crippen MR) is 72.0 cm³/mol. The Bertz CT molecular complexity index is 288. The summed E-state index contributed by atoms with van der Waals surface area (Å²) >= 11 is 0. The Balaban J connectivity index is -0.000000183. The molecule has 0 aromatic heterocycles. The second-order valence-electron chi connectivity index (χ2n) is 3.68. The summed E-state index contributed by atoms with van der Waals surface area (Å²) in [6, 6.07) is 0. The van der Waals surface area contributed by atoms with E-state index in [0.29, 0.717) is 0 Å². The van der Waals surface area contributed by atoms with Crippen molar-refractivity contribution in [3.05, 3.63) is 23.3 Å². The molecule has 0 fully saturated rings. The Morgan fingerprint density at radius 2 is 1.71 bits per heavy atom. The van der Waals surface area contributed by atoms with Crippen LogP contribution in [-0.4, -0.2) is 56.0 Å². The summed E-state index contributed by atoms with van der Waals surface area (Å²) in [6.45, 7) is 17.5. The van der Waals surface area contributed by atoms with Crippen molar-refractivity contribution in [3.63, 3.8) is 0 Å². The van der Waals surface area contributed by atoms with E-state index in [4.69, 9.17) is 29.3 Å². The second kappa shape index (κ2) is 21.2. The van der Waals surface area contributed by atoms with Gasteiger partial charge in [0.25, 0.3) is 20.4 Å². The average molecular weight is 337 g/mol. The fourth-order valence-electron chi connectivity index (χ4n) is 1.39. The molecule has 2 atom stereocenters. The zero-order valence-electron chi connectivity index (χ0n) is 11.8. The van der Waals surface area contributed by atoms with Gasteiger partial charge in [-0.2, -0.15) is 0 Å². The van der Waals surface area contributed by atoms with E-state index in [-0.39, 0.29) is 36.4 Å². The summed E-state index contributed by atoms with van der Waals surface area (Å²) in [6.07, 6.45) is 4.44. The van der Waals surface area contributed by atoms with Crippen LogP contribution in [0, 0.1) is 0 Å². The van der Waals surface area contributed by atoms with Crippen LogP contribution in [0.5, 0.6) is 0 Å². The van der Waals surface area contributed by atoms with Crippen LogP contribution in [0.2, 0.25) is 0 Å². The smallest absolute Gasteiger partial charge is 0.281 e. The molecule has 117 valence electrons. The fraction of sp³-hybridized carbons (Fsp3) is 0.500. The van der Waals surface area contributed by atoms with E-state index in [2.05, 4.69) is 39.4 Å². The Kier molecular flexibility index (Phi) is 28.4. The molecule has 0 amide bonds. The molecule has 1 aliphatic carbocycles. The van der Waals surface area contributed by atoms with Crippen molar-refractivity contribution in [2.24, 2.45) is 0 Å². The SMILES string of the molecule is CC1=CCC(C(C)OCC(O)CO)=C1.[C]=O.[C]=O.[C]=O.[Mn]. The first-order valence-corrected chi connectivity index (χ1v) is 5.52. The molecule has 2 N–H and O–H groups in total. The number of ether oxygens (including phenoxy) is 1. The topological polar surface area (TPSA) is 101 Å². The van der Waals surface area contributed by atoms with Gasteiger partial charge in [-0.15, -0.1) is 0 Å². The van der Waals surface area contributed by atoms with Crippen molar-refractivity contribution in [3.8, 4) is 0 Å². The molecule has 2 unspecified atom stereocenters. The summed E-state index contributed by atoms with van der Waals surface area (Å²) in [7, 11) is 0. The van der Waals surface area contributed by atoms with Crippen molar-refractivity contribution in [2.75, 3.05) is 13.2 Å². The van der Waals surface area contributed by atoms with Crippen LogP contribution in [0.4, 0.5) is 0 Å². The van der Waals surface area contributed by atoms with Gasteiger partial charge < -0.3 is 14.9 Å². The second-order valence-corrected chi connectivity index (χ2v) is 3.68. The molecule has 0 saturated carbocycles. The Morgan fingerprint density at radius 3 is 2.05 bits per heavy atom. The monoisotopic (exact) mass is 337 g/mol. The third kappa shape index (κ3) is 15.1. The number of carbonyl (C=O) groups excluding carboxylic acids is 3. The van der Waals surface area contributed by atoms with Gasteiger partial charge in [0, 0.05) is 17.1 Å². The molecule has 0 aliphatic heterocycles. The molecule has 0 heterocycles. The number of allylic oxidation sites excluding steroid dienone is 3. The maximum atomic E-state index is 9.09. The molecule has 6 nitrogen and oxygen atoms in total. The molecule has 1 rings (SSSR count). The van der Waals surface area contributed by atoms with E-state index in [1.54, 1.807) is 0 Å². The third-order valence-electron chi connectivity index (χ3n) is 2.34. The standard InChI is InChI=1S/C11H18O3.3CO.Mn/c1-8-3-4-10(5-8)9(2)14-7-11(13)6-12;3*1-2;/h3,5,9,11-13H,4,6-7H2,1-2H3;;;;. The van der Waals surface area contributed by atoms with Crippen molar-refractivity contribution in [1.29, 1.82) is 0 Å². The maximum Gasteiger partial charge on any atom is 0.281 e. The molecule has 0 bridgehead atoms. The van der Waals surface area contributed by atoms with Crippen LogP contribution in [0.1, 0.15) is 20.3 Å². The zero-order chi connectivity index (χ0) is 16.6. The minimum Gasteiger partial charge on any atom is -0.394 e. The summed E-state index contributed by atoms with van der Waals surface area (Å²) in [4.78, 5) is 22.5. The molecule has 7 radical (unpaired) electrons. The van der Waals surface area contributed by atoms with Gasteiger partial charge in [0.15, 0.2) is 0 Å². The van der Waals surface area contributed by atoms with E-state index in [0.717, 1.165) is 6.42 Å². The first-order valence-electron chi connectivity index (χ1n) is 5.52. The van der Waals surface area contributed by atoms with Gasteiger partial charge in [-0.05, 0) is 25.8 Å². The van der Waals surface area contributed by atoms with Crippen LogP contribution in [0.25, 0.3) is 0 Å². The van der Waals surface area contributed by atoms with E-state index in [9.17, 15) is 0 Å². The first kappa shape index (κ1) is 28.1. The first-order chi connectivity index (χ1) is 9.63. The van der Waals surface area contributed by atoms with Gasteiger partial charge in [0.1, 0.15) is 6.10 Å². The average Bonchev–Trinajstić information content (AvgIpc) is 2.97. The molecule has 7 heteroatoms. The summed E-state index contributed by atoms with van der Waals surface area (Å²) < 4.78 is 5.42. The molecule has 0 aromatic rings. The van der Waals surface area contributed by atoms with E-state index in [1.807, 2.05) is 6.92 Å². The summed E-state index contributed by atoms with van der Waals surface area (Å²) in [5, 5.41) is 17.7. The summed E-state index contributed by atoms with van der Waals surface area (Å²) in [5.41, 5.74) is 2.49. The zero-order valence-corrected chi connectivity index (χ0v) is 13.0. The molecule has 1 aliphatic rings. The van der Waals surface area contributed by atoms with Crippen molar-refractivity contribution in [1.82, 2.24) is 0 Å². The Hall–Kier alpha value is -1.11. The summed E-state index contributed by atoms with van der Waals surface area (Å²) in [5.74, 6) is 0. The third-order valence-corrected chi connectivity index (χ3v) is 2.34. The van der Waals surface area contributed by atoms with E-state index < -0.39 is 6.10 Å². The number of hydrogen-bond donors (Lipinski definition) is 2. The van der Waals surface area contributed by atoms with E-state index in [1.165, 1.54) is 11.1 Å². The van der Waals surface area contributed by atoms with Crippen LogP contribution in [-0.2, 0) is 36.2 Å². The number of aliphatic hydroxyl groups is 2. The van der Waals surface area contributed by atoms with Crippen molar-refractivity contribution in [2.45, 2.75) is 32.5 Å². The number of rotatable bonds is 5. The molecular formula is C14H18MnO6. The number of aliphatic hydroxyl groups excluding tert-OH is 2. The van der Waals surface area contributed by atoms with Gasteiger partial charge in [-0.1, -0.05) is 17.7 Å². The van der Waals surface area contributed by atoms with Crippen LogP contribution in [0.3, 0.4) is 0 Å². The Labute approximate surface area is 136 Å². The van der Waals surface area contributed by atoms with Gasteiger partial charge >= 0.3 is 0 Å². The van der Waals surface area contributed by atoms with Gasteiger partial charge in [-0.3, -0.25) is 14.4 Å². The normalized spacial score (nSPS) is 14.1. The fourth-order valence-corrected chi connectivity index (χ4v) is 1.39. The van der Waals surface area contributed by atoms with Crippen LogP contribution >= 0.6 is 0 Å². The minimum absolute atomic E-state index is 0. The van der Waals surface area contributed by atoms with Gasteiger partial charge in [0.2, 0.25) is 0 Å². The van der Waals surface area contributed by atoms with Crippen LogP contribution < -0.4 is 0 Å². The van der Waals surface area contributed by atoms with Crippen LogP contribution in [0.15, 0.2) is 23.3 Å². The quantitative estimate of drug-likeness (QED) is 0.676. The van der Waals surface area contributed by atoms with Gasteiger partial charge in [-0.25, -0.2) is 0 Å². The number of hydrogen-bond acceptors (Lipinski definition) is 6.